The molecule has 0 bridgehead atoms. The van der Waals surface area contributed by atoms with Gasteiger partial charge in [0.25, 0.3) is 0 Å². The van der Waals surface area contributed by atoms with Crippen LogP contribution < -0.4 is 5.32 Å². The molecular formula is C13H29NO. The third-order valence-electron chi connectivity index (χ3n) is 2.31. The molecule has 0 fully saturated rings. The van der Waals surface area contributed by atoms with Gasteiger partial charge in [0.2, 0.25) is 5.91 Å². The molecule has 0 aliphatic rings. The highest BCUT2D eigenvalue weighted by atomic mass is 16.1. The van der Waals surface area contributed by atoms with E-state index in [9.17, 15) is 4.79 Å². The minimum absolute atomic E-state index is 0.00463. The van der Waals surface area contributed by atoms with Crippen LogP contribution in [0.5, 0.6) is 0 Å². The van der Waals surface area contributed by atoms with Crippen molar-refractivity contribution in [2.24, 2.45) is 0 Å². The Bertz CT molecular complexity index is 116. The van der Waals surface area contributed by atoms with Gasteiger partial charge in [-0.25, -0.2) is 0 Å². The zero-order chi connectivity index (χ0) is 11.9. The van der Waals surface area contributed by atoms with Crippen LogP contribution in [-0.2, 0) is 4.79 Å². The summed E-state index contributed by atoms with van der Waals surface area (Å²) in [7, 11) is 1.60. The number of hydrogen-bond acceptors (Lipinski definition) is 1. The van der Waals surface area contributed by atoms with Gasteiger partial charge >= 0.3 is 0 Å². The fourth-order valence-electron chi connectivity index (χ4n) is 1.21. The van der Waals surface area contributed by atoms with Crippen LogP contribution in [0.1, 0.15) is 72.1 Å². The summed E-state index contributed by atoms with van der Waals surface area (Å²) in [6.45, 7) is 6.01. The molecule has 0 aliphatic heterocycles. The second kappa shape index (κ2) is 15.9. The van der Waals surface area contributed by atoms with Gasteiger partial charge in [-0.1, -0.05) is 65.2 Å². The topological polar surface area (TPSA) is 29.1 Å². The molecule has 0 spiro atoms. The summed E-state index contributed by atoms with van der Waals surface area (Å²) >= 11 is 0. The first-order valence-electron chi connectivity index (χ1n) is 6.37. The van der Waals surface area contributed by atoms with Crippen molar-refractivity contribution in [2.75, 3.05) is 7.05 Å². The number of carbonyl (C=O) groups is 1. The molecule has 15 heavy (non-hydrogen) atoms. The van der Waals surface area contributed by atoms with Crippen LogP contribution >= 0.6 is 0 Å². The van der Waals surface area contributed by atoms with Gasteiger partial charge in [-0.2, -0.15) is 0 Å². The van der Waals surface area contributed by atoms with Gasteiger partial charge in [-0.3, -0.25) is 4.79 Å². The molecule has 0 aromatic carbocycles. The second-order valence-electron chi connectivity index (χ2n) is 3.93. The zero-order valence-electron chi connectivity index (χ0n) is 11.1. The van der Waals surface area contributed by atoms with E-state index in [2.05, 4.69) is 19.2 Å². The van der Waals surface area contributed by atoms with Gasteiger partial charge in [-0.05, 0) is 0 Å². The van der Waals surface area contributed by atoms with E-state index < -0.39 is 0 Å². The maximum atomic E-state index is 9.70. The Morgan fingerprint density at radius 2 is 1.13 bits per heavy atom. The minimum Gasteiger partial charge on any atom is -0.359 e. The summed E-state index contributed by atoms with van der Waals surface area (Å²) in [4.78, 5) is 9.70. The lowest BCUT2D eigenvalue weighted by Crippen LogP contribution is -2.11. The Morgan fingerprint density at radius 1 is 0.867 bits per heavy atom. The molecule has 0 radical (unpaired) electrons. The highest BCUT2D eigenvalue weighted by Gasteiger charge is 1.87. The van der Waals surface area contributed by atoms with E-state index >= 15 is 0 Å². The van der Waals surface area contributed by atoms with Crippen LogP contribution in [-0.4, -0.2) is 13.0 Å². The smallest absolute Gasteiger partial charge is 0.216 e. The average molecular weight is 215 g/mol. The fraction of sp³-hybridized carbons (Fsp3) is 0.923. The fourth-order valence-corrected chi connectivity index (χ4v) is 1.21. The Hall–Kier alpha value is -0.530. The molecule has 0 atom stereocenters. The van der Waals surface area contributed by atoms with Gasteiger partial charge in [-0.15, -0.1) is 0 Å². The summed E-state index contributed by atoms with van der Waals surface area (Å²) in [6.07, 6.45) is 11.5. The molecule has 0 saturated heterocycles. The molecular weight excluding hydrogens is 186 g/mol. The maximum Gasteiger partial charge on any atom is 0.216 e. The van der Waals surface area contributed by atoms with Crippen LogP contribution in [0, 0.1) is 0 Å². The van der Waals surface area contributed by atoms with E-state index in [0.717, 1.165) is 0 Å². The Labute approximate surface area is 95.8 Å². The van der Waals surface area contributed by atoms with Gasteiger partial charge < -0.3 is 5.32 Å². The van der Waals surface area contributed by atoms with Gasteiger partial charge in [0.1, 0.15) is 0 Å². The molecule has 0 aromatic heterocycles. The van der Waals surface area contributed by atoms with E-state index in [4.69, 9.17) is 0 Å². The lowest BCUT2D eigenvalue weighted by atomic mass is 10.1. The SMILES string of the molecule is CCCCCCCCCC.CNC(C)=O. The molecule has 92 valence electrons. The molecule has 0 aliphatic carbocycles. The first-order chi connectivity index (χ1) is 7.18. The normalized spacial score (nSPS) is 9.07. The Morgan fingerprint density at radius 3 is 1.33 bits per heavy atom. The van der Waals surface area contributed by atoms with Gasteiger partial charge in [0.15, 0.2) is 0 Å². The molecule has 0 heterocycles. The van der Waals surface area contributed by atoms with E-state index in [0.29, 0.717) is 0 Å². The zero-order valence-corrected chi connectivity index (χ0v) is 11.1. The highest BCUT2D eigenvalue weighted by Crippen LogP contribution is 2.07. The van der Waals surface area contributed by atoms with Crippen LogP contribution in [0.15, 0.2) is 0 Å². The Balaban J connectivity index is 0. The minimum atomic E-state index is 0.00463. The number of hydrogen-bond donors (Lipinski definition) is 1. The monoisotopic (exact) mass is 215 g/mol. The highest BCUT2D eigenvalue weighted by molar-refractivity contribution is 5.72. The number of unbranched alkanes of at least 4 members (excludes halogenated alkanes) is 7. The predicted octanol–water partition coefficient (Wildman–Crippen LogP) is 3.90. The van der Waals surface area contributed by atoms with E-state index in [-0.39, 0.29) is 5.91 Å². The van der Waals surface area contributed by atoms with Gasteiger partial charge in [0.05, 0.1) is 0 Å². The first kappa shape index (κ1) is 16.9. The van der Waals surface area contributed by atoms with Crippen molar-refractivity contribution in [1.82, 2.24) is 5.32 Å². The Kier molecular flexibility index (Phi) is 17.9. The summed E-state index contributed by atoms with van der Waals surface area (Å²) in [5.74, 6) is 0.00463. The van der Waals surface area contributed by atoms with Crippen molar-refractivity contribution in [3.63, 3.8) is 0 Å². The summed E-state index contributed by atoms with van der Waals surface area (Å²) in [6, 6.07) is 0. The predicted molar refractivity (Wildman–Crippen MR) is 68.0 cm³/mol. The van der Waals surface area contributed by atoms with Gasteiger partial charge in [0, 0.05) is 14.0 Å². The molecule has 1 amide bonds. The second-order valence-corrected chi connectivity index (χ2v) is 3.93. The van der Waals surface area contributed by atoms with Crippen molar-refractivity contribution in [2.45, 2.75) is 72.1 Å². The van der Waals surface area contributed by atoms with E-state index in [1.54, 1.807) is 7.05 Å². The molecule has 2 heteroatoms. The lowest BCUT2D eigenvalue weighted by molar-refractivity contribution is -0.118. The number of nitrogens with one attached hydrogen (secondary N) is 1. The van der Waals surface area contributed by atoms with Crippen molar-refractivity contribution in [3.05, 3.63) is 0 Å². The molecule has 0 aromatic rings. The van der Waals surface area contributed by atoms with Crippen LogP contribution in [0.4, 0.5) is 0 Å². The molecule has 1 N–H and O–H groups in total. The molecule has 0 unspecified atom stereocenters. The average Bonchev–Trinajstić information content (AvgIpc) is 2.24. The van der Waals surface area contributed by atoms with Crippen LogP contribution in [0.2, 0.25) is 0 Å². The lowest BCUT2D eigenvalue weighted by Gasteiger charge is -1.97. The first-order valence-corrected chi connectivity index (χ1v) is 6.37. The third kappa shape index (κ3) is 24.7. The quantitative estimate of drug-likeness (QED) is 0.641. The largest absolute Gasteiger partial charge is 0.359 e. The molecule has 0 saturated carbocycles. The van der Waals surface area contributed by atoms with Crippen LogP contribution in [0.25, 0.3) is 0 Å². The molecule has 2 nitrogen and oxygen atoms in total. The summed E-state index contributed by atoms with van der Waals surface area (Å²) in [5, 5.41) is 2.39. The summed E-state index contributed by atoms with van der Waals surface area (Å²) in [5.41, 5.74) is 0. The van der Waals surface area contributed by atoms with E-state index in [1.807, 2.05) is 0 Å². The van der Waals surface area contributed by atoms with E-state index in [1.165, 1.54) is 58.3 Å². The summed E-state index contributed by atoms with van der Waals surface area (Å²) < 4.78 is 0. The van der Waals surface area contributed by atoms with Crippen molar-refractivity contribution >= 4 is 5.91 Å². The number of amides is 1. The standard InChI is InChI=1S/C10H22.C3H7NO/c1-3-5-7-9-10-8-6-4-2;1-3(5)4-2/h3-10H2,1-2H3;1-2H3,(H,4,5). The third-order valence-corrected chi connectivity index (χ3v) is 2.31. The van der Waals surface area contributed by atoms with Crippen molar-refractivity contribution < 1.29 is 4.79 Å². The van der Waals surface area contributed by atoms with Crippen molar-refractivity contribution in [1.29, 1.82) is 0 Å². The van der Waals surface area contributed by atoms with Crippen LogP contribution in [0.3, 0.4) is 0 Å². The van der Waals surface area contributed by atoms with Crippen molar-refractivity contribution in [3.8, 4) is 0 Å². The number of carbonyl (C=O) groups excluding carboxylic acids is 1. The number of rotatable bonds is 7. The molecule has 0 rings (SSSR count). The maximum absolute atomic E-state index is 9.70.